The van der Waals surface area contributed by atoms with Gasteiger partial charge >= 0.3 is 0 Å². The van der Waals surface area contributed by atoms with Gasteiger partial charge in [0.05, 0.1) is 16.9 Å². The summed E-state index contributed by atoms with van der Waals surface area (Å²) in [4.78, 5) is 22.1. The van der Waals surface area contributed by atoms with Crippen molar-refractivity contribution in [3.05, 3.63) is 70.3 Å². The molecule has 0 spiro atoms. The molecule has 0 radical (unpaired) electrons. The number of nitrogens with zero attached hydrogens (tertiary/aromatic N) is 4. The molecule has 1 amide bonds. The fourth-order valence-corrected chi connectivity index (χ4v) is 3.67. The second kappa shape index (κ2) is 9.01. The number of hydrogen-bond donors (Lipinski definition) is 1. The molecular weight excluding hydrogens is 386 g/mol. The fraction of sp³-hybridized carbons (Fsp3) is 0.0588. The molecule has 0 fully saturated rings. The largest absolute Gasteiger partial charge is 0.272 e. The van der Waals surface area contributed by atoms with Crippen LogP contribution in [0.5, 0.6) is 0 Å². The van der Waals surface area contributed by atoms with Gasteiger partial charge in [-0.2, -0.15) is 5.10 Å². The van der Waals surface area contributed by atoms with E-state index in [1.54, 1.807) is 12.1 Å². The van der Waals surface area contributed by atoms with E-state index >= 15 is 0 Å². The van der Waals surface area contributed by atoms with Gasteiger partial charge in [0.2, 0.25) is 0 Å². The van der Waals surface area contributed by atoms with Crippen LogP contribution in [0.4, 0.5) is 5.69 Å². The third-order valence-corrected chi connectivity index (χ3v) is 5.34. The first-order chi connectivity index (χ1) is 13.1. The minimum atomic E-state index is -0.488. The number of hydrazone groups is 1. The Hall–Kier alpha value is -3.11. The van der Waals surface area contributed by atoms with Crippen molar-refractivity contribution < 1.29 is 9.72 Å². The monoisotopic (exact) mass is 399 g/mol. The first kappa shape index (κ1) is 18.7. The Kier molecular flexibility index (Phi) is 6.23. The molecule has 3 rings (SSSR count). The molecule has 0 atom stereocenters. The van der Waals surface area contributed by atoms with Crippen LogP contribution in [-0.4, -0.2) is 33.0 Å². The van der Waals surface area contributed by atoms with Crippen molar-refractivity contribution >= 4 is 40.9 Å². The summed E-state index contributed by atoms with van der Waals surface area (Å²) in [5.74, 6) is -0.173. The molecule has 0 bridgehead atoms. The van der Waals surface area contributed by atoms with Gasteiger partial charge in [-0.05, 0) is 0 Å². The van der Waals surface area contributed by atoms with Gasteiger partial charge in [-0.3, -0.25) is 14.9 Å². The Labute approximate surface area is 162 Å². The molecule has 0 saturated heterocycles. The topological polar surface area (TPSA) is 110 Å². The molecule has 27 heavy (non-hydrogen) atoms. The van der Waals surface area contributed by atoms with Crippen molar-refractivity contribution in [2.24, 2.45) is 5.10 Å². The van der Waals surface area contributed by atoms with Crippen LogP contribution in [0.2, 0.25) is 0 Å². The van der Waals surface area contributed by atoms with Crippen molar-refractivity contribution in [1.29, 1.82) is 0 Å². The van der Waals surface area contributed by atoms with Crippen LogP contribution in [0.25, 0.3) is 10.6 Å². The number of thioether (sulfide) groups is 1. The second-order valence-electron chi connectivity index (χ2n) is 5.17. The van der Waals surface area contributed by atoms with Crippen LogP contribution in [0.3, 0.4) is 0 Å². The van der Waals surface area contributed by atoms with Crippen molar-refractivity contribution in [2.75, 3.05) is 5.75 Å². The summed E-state index contributed by atoms with van der Waals surface area (Å²) in [7, 11) is 0. The van der Waals surface area contributed by atoms with Gasteiger partial charge in [0.15, 0.2) is 4.34 Å². The molecule has 0 unspecified atom stereocenters. The van der Waals surface area contributed by atoms with Crippen molar-refractivity contribution in [1.82, 2.24) is 15.6 Å². The zero-order valence-corrected chi connectivity index (χ0v) is 15.4. The zero-order valence-electron chi connectivity index (χ0n) is 13.8. The van der Waals surface area contributed by atoms with Gasteiger partial charge in [0.25, 0.3) is 11.6 Å². The van der Waals surface area contributed by atoms with E-state index in [0.717, 1.165) is 10.6 Å². The highest BCUT2D eigenvalue weighted by atomic mass is 32.2. The number of benzene rings is 2. The molecule has 136 valence electrons. The smallest absolute Gasteiger partial charge is 0.270 e. The van der Waals surface area contributed by atoms with E-state index in [2.05, 4.69) is 20.7 Å². The van der Waals surface area contributed by atoms with Gasteiger partial charge in [-0.15, -0.1) is 10.2 Å². The zero-order chi connectivity index (χ0) is 19.1. The molecule has 10 heteroatoms. The van der Waals surface area contributed by atoms with E-state index in [4.69, 9.17) is 0 Å². The number of carbonyl (C=O) groups is 1. The maximum absolute atomic E-state index is 11.9. The molecule has 1 aromatic heterocycles. The number of carbonyl (C=O) groups excluding carboxylic acids is 1. The number of nitro benzene ring substituents is 1. The Balaban J connectivity index is 1.49. The summed E-state index contributed by atoms with van der Waals surface area (Å²) in [6.45, 7) is 0. The number of nitrogens with one attached hydrogen (secondary N) is 1. The fourth-order valence-electron chi connectivity index (χ4n) is 2.02. The average Bonchev–Trinajstić information content (AvgIpc) is 3.16. The third kappa shape index (κ3) is 5.43. The maximum Gasteiger partial charge on any atom is 0.270 e. The Morgan fingerprint density at radius 2 is 2.04 bits per heavy atom. The summed E-state index contributed by atoms with van der Waals surface area (Å²) in [6.07, 6.45) is 1.36. The van der Waals surface area contributed by atoms with Crippen LogP contribution in [-0.2, 0) is 4.79 Å². The minimum Gasteiger partial charge on any atom is -0.272 e. The number of aromatic nitrogens is 2. The summed E-state index contributed by atoms with van der Waals surface area (Å²) in [5.41, 5.74) is 3.85. The number of non-ortho nitro benzene ring substituents is 1. The van der Waals surface area contributed by atoms with E-state index in [0.29, 0.717) is 9.90 Å². The van der Waals surface area contributed by atoms with E-state index in [-0.39, 0.29) is 17.3 Å². The second-order valence-corrected chi connectivity index (χ2v) is 7.37. The molecule has 3 aromatic rings. The molecule has 0 aliphatic carbocycles. The predicted molar refractivity (Wildman–Crippen MR) is 105 cm³/mol. The minimum absolute atomic E-state index is 0.0358. The van der Waals surface area contributed by atoms with Gasteiger partial charge in [-0.25, -0.2) is 5.43 Å². The number of hydrogen-bond acceptors (Lipinski definition) is 8. The van der Waals surface area contributed by atoms with E-state index in [9.17, 15) is 14.9 Å². The molecule has 8 nitrogen and oxygen atoms in total. The van der Waals surface area contributed by atoms with Crippen LogP contribution >= 0.6 is 23.1 Å². The van der Waals surface area contributed by atoms with Gasteiger partial charge in [0, 0.05) is 23.3 Å². The van der Waals surface area contributed by atoms with E-state index in [1.165, 1.54) is 41.4 Å². The highest BCUT2D eigenvalue weighted by Gasteiger charge is 2.09. The van der Waals surface area contributed by atoms with Crippen molar-refractivity contribution in [3.63, 3.8) is 0 Å². The maximum atomic E-state index is 11.9. The van der Waals surface area contributed by atoms with E-state index in [1.807, 2.05) is 30.3 Å². The van der Waals surface area contributed by atoms with Gasteiger partial charge in [-0.1, -0.05) is 65.6 Å². The standard InChI is InChI=1S/C17H13N5O3S2/c23-15(19-18-10-12-5-4-8-14(9-12)22(24)25)11-26-17-21-20-16(27-17)13-6-2-1-3-7-13/h1-10H,11H2,(H,19,23). The number of amides is 1. The summed E-state index contributed by atoms with van der Waals surface area (Å²) in [6, 6.07) is 15.6. The summed E-state index contributed by atoms with van der Waals surface area (Å²) in [5, 5.41) is 23.5. The van der Waals surface area contributed by atoms with Gasteiger partial charge in [0.1, 0.15) is 5.01 Å². The molecule has 0 aliphatic heterocycles. The first-order valence-electron chi connectivity index (χ1n) is 7.70. The molecule has 1 N–H and O–H groups in total. The highest BCUT2D eigenvalue weighted by molar-refractivity contribution is 8.01. The normalized spacial score (nSPS) is 10.8. The van der Waals surface area contributed by atoms with E-state index < -0.39 is 4.92 Å². The molecule has 2 aromatic carbocycles. The van der Waals surface area contributed by atoms with Gasteiger partial charge < -0.3 is 0 Å². The van der Waals surface area contributed by atoms with Crippen LogP contribution in [0.15, 0.2) is 64.0 Å². The third-order valence-electron chi connectivity index (χ3n) is 3.24. The lowest BCUT2D eigenvalue weighted by Crippen LogP contribution is -2.19. The lowest BCUT2D eigenvalue weighted by molar-refractivity contribution is -0.384. The van der Waals surface area contributed by atoms with Crippen molar-refractivity contribution in [2.45, 2.75) is 4.34 Å². The number of rotatable bonds is 7. The lowest BCUT2D eigenvalue weighted by Gasteiger charge is -1.97. The SMILES string of the molecule is O=C(CSc1nnc(-c2ccccc2)s1)NN=Cc1cccc([N+](=O)[O-])c1. The Morgan fingerprint density at radius 3 is 2.81 bits per heavy atom. The van der Waals surface area contributed by atoms with Crippen molar-refractivity contribution in [3.8, 4) is 10.6 Å². The Bertz CT molecular complexity index is 975. The molecule has 1 heterocycles. The first-order valence-corrected chi connectivity index (χ1v) is 9.50. The van der Waals surface area contributed by atoms with Crippen LogP contribution in [0, 0.1) is 10.1 Å². The number of nitro groups is 1. The average molecular weight is 399 g/mol. The molecule has 0 saturated carbocycles. The summed E-state index contributed by atoms with van der Waals surface area (Å²) < 4.78 is 0.687. The summed E-state index contributed by atoms with van der Waals surface area (Å²) >= 11 is 2.68. The lowest BCUT2D eigenvalue weighted by atomic mass is 10.2. The quantitative estimate of drug-likeness (QED) is 0.282. The van der Waals surface area contributed by atoms with Crippen LogP contribution in [0.1, 0.15) is 5.56 Å². The molecule has 0 aliphatic rings. The van der Waals surface area contributed by atoms with Crippen LogP contribution < -0.4 is 5.43 Å². The molecular formula is C17H13N5O3S2. The predicted octanol–water partition coefficient (Wildman–Crippen LogP) is 3.36. The Morgan fingerprint density at radius 1 is 1.22 bits per heavy atom. The highest BCUT2D eigenvalue weighted by Crippen LogP contribution is 2.28.